The van der Waals surface area contributed by atoms with E-state index in [1.165, 1.54) is 28.2 Å². The summed E-state index contributed by atoms with van der Waals surface area (Å²) in [6, 6.07) is 5.96. The SMILES string of the molecule is O=C(Cn1cc(-c2ccc([N+](=O)[O-])cc2)nn1)Nc1nccs1. The minimum Gasteiger partial charge on any atom is -0.300 e. The van der Waals surface area contributed by atoms with Crippen molar-refractivity contribution in [3.63, 3.8) is 0 Å². The van der Waals surface area contributed by atoms with Crippen LogP contribution in [0.3, 0.4) is 0 Å². The summed E-state index contributed by atoms with van der Waals surface area (Å²) < 4.78 is 1.39. The molecule has 0 aliphatic rings. The molecule has 10 heteroatoms. The van der Waals surface area contributed by atoms with Crippen molar-refractivity contribution in [1.82, 2.24) is 20.0 Å². The van der Waals surface area contributed by atoms with E-state index in [0.717, 1.165) is 0 Å². The minimum atomic E-state index is -0.469. The molecule has 0 atom stereocenters. The quantitative estimate of drug-likeness (QED) is 0.564. The fourth-order valence-electron chi connectivity index (χ4n) is 1.85. The summed E-state index contributed by atoms with van der Waals surface area (Å²) >= 11 is 1.32. The Kier molecular flexibility index (Phi) is 4.06. The van der Waals surface area contributed by atoms with Crippen molar-refractivity contribution in [2.24, 2.45) is 0 Å². The Morgan fingerprint density at radius 3 is 2.78 bits per heavy atom. The zero-order valence-electron chi connectivity index (χ0n) is 11.6. The molecule has 0 unspecified atom stereocenters. The number of carbonyl (C=O) groups is 1. The molecule has 23 heavy (non-hydrogen) atoms. The molecule has 2 heterocycles. The van der Waals surface area contributed by atoms with Gasteiger partial charge in [0.25, 0.3) is 5.69 Å². The Morgan fingerprint density at radius 1 is 1.35 bits per heavy atom. The number of rotatable bonds is 5. The predicted octanol–water partition coefficient (Wildman–Crippen LogP) is 1.95. The Morgan fingerprint density at radius 2 is 2.13 bits per heavy atom. The molecule has 1 aromatic carbocycles. The van der Waals surface area contributed by atoms with Gasteiger partial charge in [-0.3, -0.25) is 14.9 Å². The highest BCUT2D eigenvalue weighted by Crippen LogP contribution is 2.20. The highest BCUT2D eigenvalue weighted by Gasteiger charge is 2.10. The van der Waals surface area contributed by atoms with Crippen molar-refractivity contribution in [1.29, 1.82) is 0 Å². The van der Waals surface area contributed by atoms with E-state index >= 15 is 0 Å². The Hall–Kier alpha value is -3.14. The van der Waals surface area contributed by atoms with E-state index in [-0.39, 0.29) is 18.1 Å². The number of aromatic nitrogens is 4. The zero-order valence-corrected chi connectivity index (χ0v) is 12.4. The molecule has 0 aliphatic carbocycles. The summed E-state index contributed by atoms with van der Waals surface area (Å²) in [7, 11) is 0. The number of nitro benzene ring substituents is 1. The van der Waals surface area contributed by atoms with Gasteiger partial charge in [0, 0.05) is 29.3 Å². The summed E-state index contributed by atoms with van der Waals surface area (Å²) in [6.45, 7) is -0.000435. The van der Waals surface area contributed by atoms with E-state index in [1.54, 1.807) is 29.9 Å². The average Bonchev–Trinajstić information content (AvgIpc) is 3.19. The number of hydrogen-bond acceptors (Lipinski definition) is 7. The fraction of sp³-hybridized carbons (Fsp3) is 0.0769. The standard InChI is InChI=1S/C13H10N6O3S/c20-12(15-13-14-5-6-23-13)8-18-7-11(16-17-18)9-1-3-10(4-2-9)19(21)22/h1-7H,8H2,(H,14,15,20). The van der Waals surface area contributed by atoms with Gasteiger partial charge in [-0.05, 0) is 12.1 Å². The van der Waals surface area contributed by atoms with Gasteiger partial charge in [0.05, 0.1) is 11.1 Å². The van der Waals surface area contributed by atoms with Crippen LogP contribution in [0.15, 0.2) is 42.0 Å². The zero-order chi connectivity index (χ0) is 16.2. The number of nitrogens with zero attached hydrogens (tertiary/aromatic N) is 5. The molecule has 0 saturated heterocycles. The molecule has 9 nitrogen and oxygen atoms in total. The first-order valence-electron chi connectivity index (χ1n) is 6.46. The normalized spacial score (nSPS) is 10.4. The van der Waals surface area contributed by atoms with E-state index in [1.807, 2.05) is 0 Å². The summed E-state index contributed by atoms with van der Waals surface area (Å²) in [5.41, 5.74) is 1.22. The predicted molar refractivity (Wildman–Crippen MR) is 82.9 cm³/mol. The Balaban J connectivity index is 1.67. The van der Waals surface area contributed by atoms with Crippen LogP contribution in [0.4, 0.5) is 10.8 Å². The van der Waals surface area contributed by atoms with Crippen molar-refractivity contribution >= 4 is 28.1 Å². The lowest BCUT2D eigenvalue weighted by molar-refractivity contribution is -0.384. The summed E-state index contributed by atoms with van der Waals surface area (Å²) in [6.07, 6.45) is 3.20. The Bertz CT molecular complexity index is 828. The molecule has 1 N–H and O–H groups in total. The summed E-state index contributed by atoms with van der Waals surface area (Å²) in [5, 5.41) is 23.4. The highest BCUT2D eigenvalue weighted by atomic mass is 32.1. The molecule has 0 fully saturated rings. The number of hydrogen-bond donors (Lipinski definition) is 1. The summed E-state index contributed by atoms with van der Waals surface area (Å²) in [5.74, 6) is -0.264. The smallest absolute Gasteiger partial charge is 0.269 e. The van der Waals surface area contributed by atoms with E-state index in [4.69, 9.17) is 0 Å². The highest BCUT2D eigenvalue weighted by molar-refractivity contribution is 7.13. The first kappa shape index (κ1) is 14.8. The first-order valence-corrected chi connectivity index (χ1v) is 7.34. The van der Waals surface area contributed by atoms with Crippen molar-refractivity contribution < 1.29 is 9.72 Å². The number of benzene rings is 1. The van der Waals surface area contributed by atoms with Crippen LogP contribution in [-0.2, 0) is 11.3 Å². The monoisotopic (exact) mass is 330 g/mol. The molecule has 1 amide bonds. The third-order valence-electron chi connectivity index (χ3n) is 2.90. The van der Waals surface area contributed by atoms with Crippen LogP contribution in [0, 0.1) is 10.1 Å². The topological polar surface area (TPSA) is 116 Å². The van der Waals surface area contributed by atoms with Crippen LogP contribution in [0.1, 0.15) is 0 Å². The number of anilines is 1. The maximum absolute atomic E-state index is 11.8. The van der Waals surface area contributed by atoms with Crippen LogP contribution in [-0.4, -0.2) is 30.8 Å². The number of thiazole rings is 1. The lowest BCUT2D eigenvalue weighted by Gasteiger charge is -2.00. The molecule has 0 aliphatic heterocycles. The Labute approximate surface area is 133 Å². The molecule has 2 aromatic heterocycles. The van der Waals surface area contributed by atoms with Crippen LogP contribution in [0.25, 0.3) is 11.3 Å². The van der Waals surface area contributed by atoms with Crippen LogP contribution in [0.5, 0.6) is 0 Å². The third-order valence-corrected chi connectivity index (χ3v) is 3.59. The lowest BCUT2D eigenvalue weighted by atomic mass is 10.1. The number of amides is 1. The first-order chi connectivity index (χ1) is 11.1. The molecule has 0 radical (unpaired) electrons. The largest absolute Gasteiger partial charge is 0.300 e. The van der Waals surface area contributed by atoms with E-state index in [9.17, 15) is 14.9 Å². The second-order valence-electron chi connectivity index (χ2n) is 4.49. The van der Waals surface area contributed by atoms with Gasteiger partial charge in [-0.1, -0.05) is 5.21 Å². The second-order valence-corrected chi connectivity index (χ2v) is 5.39. The van der Waals surface area contributed by atoms with E-state index in [0.29, 0.717) is 16.4 Å². The van der Waals surface area contributed by atoms with Gasteiger partial charge in [-0.2, -0.15) is 0 Å². The number of carbonyl (C=O) groups excluding carboxylic acids is 1. The lowest BCUT2D eigenvalue weighted by Crippen LogP contribution is -2.18. The molecule has 116 valence electrons. The van der Waals surface area contributed by atoms with Crippen molar-refractivity contribution in [3.8, 4) is 11.3 Å². The maximum Gasteiger partial charge on any atom is 0.269 e. The van der Waals surface area contributed by atoms with Gasteiger partial charge in [0.1, 0.15) is 12.2 Å². The van der Waals surface area contributed by atoms with E-state index < -0.39 is 4.92 Å². The third kappa shape index (κ3) is 3.55. The van der Waals surface area contributed by atoms with Gasteiger partial charge in [-0.25, -0.2) is 9.67 Å². The fourth-order valence-corrected chi connectivity index (χ4v) is 2.40. The van der Waals surface area contributed by atoms with Crippen LogP contribution < -0.4 is 5.32 Å². The molecule has 3 rings (SSSR count). The molecular formula is C13H10N6O3S. The number of nitro groups is 1. The van der Waals surface area contributed by atoms with Crippen molar-refractivity contribution in [2.75, 3.05) is 5.32 Å². The van der Waals surface area contributed by atoms with Gasteiger partial charge in [-0.15, -0.1) is 16.4 Å². The number of nitrogens with one attached hydrogen (secondary N) is 1. The van der Waals surface area contributed by atoms with Crippen molar-refractivity contribution in [3.05, 3.63) is 52.2 Å². The van der Waals surface area contributed by atoms with Crippen LogP contribution in [0.2, 0.25) is 0 Å². The molecule has 0 saturated carbocycles. The molecule has 3 aromatic rings. The van der Waals surface area contributed by atoms with Gasteiger partial charge in [0.15, 0.2) is 5.13 Å². The van der Waals surface area contributed by atoms with Gasteiger partial charge >= 0.3 is 0 Å². The average molecular weight is 330 g/mol. The second kappa shape index (κ2) is 6.32. The maximum atomic E-state index is 11.8. The molecule has 0 spiro atoms. The van der Waals surface area contributed by atoms with Gasteiger partial charge in [0.2, 0.25) is 5.91 Å². The minimum absolute atomic E-state index is 0.000435. The summed E-state index contributed by atoms with van der Waals surface area (Å²) in [4.78, 5) is 26.0. The van der Waals surface area contributed by atoms with E-state index in [2.05, 4.69) is 20.6 Å². The molecular weight excluding hydrogens is 320 g/mol. The van der Waals surface area contributed by atoms with Crippen molar-refractivity contribution in [2.45, 2.75) is 6.54 Å². The number of non-ortho nitro benzene ring substituents is 1. The molecule has 0 bridgehead atoms. The van der Waals surface area contributed by atoms with Crippen LogP contribution >= 0.6 is 11.3 Å². The van der Waals surface area contributed by atoms with Gasteiger partial charge < -0.3 is 5.32 Å².